The third-order valence-corrected chi connectivity index (χ3v) is 6.68. The lowest BCUT2D eigenvalue weighted by Gasteiger charge is -2.26. The third kappa shape index (κ3) is 2.43. The number of H-pyrrole nitrogens is 2. The van der Waals surface area contributed by atoms with Crippen molar-refractivity contribution >= 4 is 33.4 Å². The van der Waals surface area contributed by atoms with Crippen molar-refractivity contribution in [2.45, 2.75) is 5.41 Å². The second-order valence-electron chi connectivity index (χ2n) is 8.18. The molecule has 0 bridgehead atoms. The van der Waals surface area contributed by atoms with Gasteiger partial charge in [0, 0.05) is 56.5 Å². The first-order chi connectivity index (χ1) is 16.1. The van der Waals surface area contributed by atoms with Gasteiger partial charge in [-0.1, -0.05) is 24.3 Å². The van der Waals surface area contributed by atoms with Crippen LogP contribution >= 0.6 is 0 Å². The lowest BCUT2D eigenvalue weighted by Crippen LogP contribution is -2.39. The van der Waals surface area contributed by atoms with Crippen LogP contribution in [0.3, 0.4) is 0 Å². The van der Waals surface area contributed by atoms with E-state index in [1.165, 1.54) is 0 Å². The van der Waals surface area contributed by atoms with Gasteiger partial charge in [-0.15, -0.1) is 0 Å². The average Bonchev–Trinajstić information content (AvgIpc) is 3.53. The molecule has 0 aliphatic heterocycles. The Bertz CT molecular complexity index is 1470. The fourth-order valence-corrected chi connectivity index (χ4v) is 5.09. The van der Waals surface area contributed by atoms with Crippen LogP contribution in [0.5, 0.6) is 11.5 Å². The van der Waals surface area contributed by atoms with E-state index in [0.29, 0.717) is 33.8 Å². The van der Waals surface area contributed by atoms with Gasteiger partial charge in [-0.3, -0.25) is 9.59 Å². The molecule has 0 saturated carbocycles. The molecule has 6 heteroatoms. The zero-order valence-corrected chi connectivity index (χ0v) is 18.1. The number of Topliss-reactive ketones (excluding diaryl/α,β-unsaturated/α-hetero) is 2. The second-order valence-corrected chi connectivity index (χ2v) is 8.18. The van der Waals surface area contributed by atoms with Crippen molar-refractivity contribution < 1.29 is 19.1 Å². The van der Waals surface area contributed by atoms with Gasteiger partial charge in [-0.2, -0.15) is 0 Å². The number of ketones is 2. The number of carbonyl (C=O) groups is 2. The van der Waals surface area contributed by atoms with E-state index in [1.807, 2.05) is 36.4 Å². The molecule has 1 aliphatic rings. The fourth-order valence-electron chi connectivity index (χ4n) is 5.09. The van der Waals surface area contributed by atoms with Crippen LogP contribution in [0.4, 0.5) is 0 Å². The maximum Gasteiger partial charge on any atom is 0.186 e. The van der Waals surface area contributed by atoms with Crippen molar-refractivity contribution in [2.75, 3.05) is 14.2 Å². The van der Waals surface area contributed by atoms with Crippen LogP contribution in [0.15, 0.2) is 73.1 Å². The van der Waals surface area contributed by atoms with Crippen molar-refractivity contribution in [3.8, 4) is 11.5 Å². The molecular formula is C27H20N2O4. The Hall–Kier alpha value is -4.32. The molecule has 162 valence electrons. The number of benzene rings is 3. The quantitative estimate of drug-likeness (QED) is 0.387. The molecular weight excluding hydrogens is 416 g/mol. The maximum absolute atomic E-state index is 14.2. The molecule has 2 aromatic heterocycles. The molecule has 0 saturated heterocycles. The third-order valence-electron chi connectivity index (χ3n) is 6.68. The second kappa shape index (κ2) is 6.84. The summed E-state index contributed by atoms with van der Waals surface area (Å²) in [6.45, 7) is 0. The molecule has 2 heterocycles. The summed E-state index contributed by atoms with van der Waals surface area (Å²) >= 11 is 0. The van der Waals surface area contributed by atoms with Crippen molar-refractivity contribution in [1.29, 1.82) is 0 Å². The Morgan fingerprint density at radius 1 is 0.667 bits per heavy atom. The number of nitrogens with one attached hydrogen (secondary N) is 2. The van der Waals surface area contributed by atoms with Crippen LogP contribution in [-0.2, 0) is 5.41 Å². The summed E-state index contributed by atoms with van der Waals surface area (Å²) in [6, 6.07) is 18.2. The van der Waals surface area contributed by atoms with Gasteiger partial charge in [0.15, 0.2) is 17.0 Å². The fraction of sp³-hybridized carbons (Fsp3) is 0.111. The summed E-state index contributed by atoms with van der Waals surface area (Å²) in [5, 5.41) is 1.53. The van der Waals surface area contributed by atoms with Crippen LogP contribution in [0.2, 0.25) is 0 Å². The molecule has 6 rings (SSSR count). The van der Waals surface area contributed by atoms with E-state index in [-0.39, 0.29) is 11.6 Å². The molecule has 3 aromatic carbocycles. The Morgan fingerprint density at radius 2 is 1.12 bits per heavy atom. The highest BCUT2D eigenvalue weighted by Gasteiger charge is 2.57. The topological polar surface area (TPSA) is 84.2 Å². The van der Waals surface area contributed by atoms with E-state index in [0.717, 1.165) is 21.8 Å². The van der Waals surface area contributed by atoms with E-state index < -0.39 is 5.41 Å². The predicted octanol–water partition coefficient (Wildman–Crippen LogP) is 5.03. The predicted molar refractivity (Wildman–Crippen MR) is 126 cm³/mol. The highest BCUT2D eigenvalue weighted by molar-refractivity contribution is 6.37. The summed E-state index contributed by atoms with van der Waals surface area (Å²) in [4.78, 5) is 34.9. The van der Waals surface area contributed by atoms with Crippen LogP contribution < -0.4 is 9.47 Å². The Morgan fingerprint density at radius 3 is 1.55 bits per heavy atom. The van der Waals surface area contributed by atoms with Gasteiger partial charge in [-0.05, 0) is 36.4 Å². The molecule has 6 nitrogen and oxygen atoms in total. The Labute approximate surface area is 189 Å². The van der Waals surface area contributed by atoms with Crippen molar-refractivity contribution in [1.82, 2.24) is 9.97 Å². The van der Waals surface area contributed by atoms with Gasteiger partial charge in [0.25, 0.3) is 0 Å². The maximum atomic E-state index is 14.2. The van der Waals surface area contributed by atoms with E-state index in [2.05, 4.69) is 9.97 Å². The molecule has 2 N–H and O–H groups in total. The molecule has 0 fully saturated rings. The number of hydrogen-bond acceptors (Lipinski definition) is 4. The lowest BCUT2D eigenvalue weighted by atomic mass is 9.70. The van der Waals surface area contributed by atoms with Gasteiger partial charge < -0.3 is 19.4 Å². The van der Waals surface area contributed by atoms with Gasteiger partial charge in [0.2, 0.25) is 0 Å². The lowest BCUT2D eigenvalue weighted by molar-refractivity contribution is 0.0831. The number of aromatic nitrogens is 2. The number of fused-ring (bicyclic) bond motifs is 3. The number of hydrogen-bond donors (Lipinski definition) is 2. The van der Waals surface area contributed by atoms with E-state index in [1.54, 1.807) is 50.9 Å². The highest BCUT2D eigenvalue weighted by atomic mass is 16.5. The number of methoxy groups -OCH3 is 2. The van der Waals surface area contributed by atoms with Crippen molar-refractivity contribution in [3.05, 3.63) is 95.3 Å². The van der Waals surface area contributed by atoms with E-state index in [4.69, 9.17) is 9.47 Å². The standard InChI is InChI=1S/C27H20N2O4/c1-32-15-7-9-23-19(11-15)21(13-28-23)27(25(30)17-5-3-4-6-18(17)26(27)31)22-14-29-24-10-8-16(33-2)12-20(22)24/h3-14,28-29H,1-2H3. The van der Waals surface area contributed by atoms with Crippen molar-refractivity contribution in [2.24, 2.45) is 0 Å². The van der Waals surface area contributed by atoms with Crippen LogP contribution in [-0.4, -0.2) is 35.8 Å². The van der Waals surface area contributed by atoms with Crippen molar-refractivity contribution in [3.63, 3.8) is 0 Å². The average molecular weight is 436 g/mol. The normalized spacial score (nSPS) is 14.7. The molecule has 0 atom stereocenters. The largest absolute Gasteiger partial charge is 0.497 e. The molecule has 0 unspecified atom stereocenters. The minimum absolute atomic E-state index is 0.240. The SMILES string of the molecule is COc1ccc2[nH]cc(C3(c4c[nH]c5ccc(OC)cc45)C(=O)c4ccccc4C3=O)c2c1. The molecule has 0 radical (unpaired) electrons. The monoisotopic (exact) mass is 436 g/mol. The van der Waals surface area contributed by atoms with Gasteiger partial charge in [0.05, 0.1) is 14.2 Å². The smallest absolute Gasteiger partial charge is 0.186 e. The zero-order chi connectivity index (χ0) is 22.7. The number of ether oxygens (including phenoxy) is 2. The number of aromatic amines is 2. The molecule has 5 aromatic rings. The molecule has 0 spiro atoms. The minimum atomic E-state index is -1.54. The molecule has 1 aliphatic carbocycles. The minimum Gasteiger partial charge on any atom is -0.497 e. The zero-order valence-electron chi connectivity index (χ0n) is 18.1. The summed E-state index contributed by atoms with van der Waals surface area (Å²) in [7, 11) is 3.19. The first-order valence-corrected chi connectivity index (χ1v) is 10.6. The van der Waals surface area contributed by atoms with Crippen LogP contribution in [0.25, 0.3) is 21.8 Å². The highest BCUT2D eigenvalue weighted by Crippen LogP contribution is 2.49. The molecule has 33 heavy (non-hydrogen) atoms. The van der Waals surface area contributed by atoms with Crippen LogP contribution in [0.1, 0.15) is 31.8 Å². The Kier molecular flexibility index (Phi) is 4.01. The summed E-state index contributed by atoms with van der Waals surface area (Å²) in [5.41, 5.74) is 2.16. The summed E-state index contributed by atoms with van der Waals surface area (Å²) in [5.74, 6) is 0.815. The summed E-state index contributed by atoms with van der Waals surface area (Å²) in [6.07, 6.45) is 3.54. The first kappa shape index (κ1) is 19.4. The van der Waals surface area contributed by atoms with Gasteiger partial charge in [-0.25, -0.2) is 0 Å². The first-order valence-electron chi connectivity index (χ1n) is 10.6. The van der Waals surface area contributed by atoms with Gasteiger partial charge >= 0.3 is 0 Å². The molecule has 0 amide bonds. The number of carbonyl (C=O) groups excluding carboxylic acids is 2. The van der Waals surface area contributed by atoms with Gasteiger partial charge in [0.1, 0.15) is 11.5 Å². The number of rotatable bonds is 4. The van der Waals surface area contributed by atoms with Crippen LogP contribution in [0, 0.1) is 0 Å². The summed E-state index contributed by atoms with van der Waals surface area (Å²) < 4.78 is 10.9. The Balaban J connectivity index is 1.75. The van der Waals surface area contributed by atoms with E-state index >= 15 is 0 Å². The van der Waals surface area contributed by atoms with E-state index in [9.17, 15) is 9.59 Å².